The van der Waals surface area contributed by atoms with E-state index in [4.69, 9.17) is 0 Å². The summed E-state index contributed by atoms with van der Waals surface area (Å²) in [5.74, 6) is 0.0469. The molecule has 0 saturated heterocycles. The normalized spacial score (nSPS) is 15.1. The van der Waals surface area contributed by atoms with Gasteiger partial charge in [0.15, 0.2) is 0 Å². The molecular formula is C10H10BrNO. The number of amides is 1. The van der Waals surface area contributed by atoms with Crippen LogP contribution in [0.1, 0.15) is 21.5 Å². The molecule has 2 rings (SSSR count). The number of hydrogen-bond donors (Lipinski definition) is 1. The molecule has 68 valence electrons. The monoisotopic (exact) mass is 239 g/mol. The van der Waals surface area contributed by atoms with Crippen LogP contribution in [0.25, 0.3) is 0 Å². The molecule has 0 bridgehead atoms. The van der Waals surface area contributed by atoms with E-state index >= 15 is 0 Å². The van der Waals surface area contributed by atoms with Crippen molar-refractivity contribution in [3.05, 3.63) is 33.3 Å². The number of aryl methyl sites for hydroxylation is 1. The molecule has 0 spiro atoms. The molecule has 13 heavy (non-hydrogen) atoms. The minimum Gasteiger partial charge on any atom is -0.352 e. The number of carbonyl (C=O) groups is 1. The van der Waals surface area contributed by atoms with E-state index in [0.717, 1.165) is 34.1 Å². The number of rotatable bonds is 0. The van der Waals surface area contributed by atoms with Gasteiger partial charge in [0.1, 0.15) is 0 Å². The van der Waals surface area contributed by atoms with Crippen molar-refractivity contribution in [2.24, 2.45) is 0 Å². The van der Waals surface area contributed by atoms with Crippen LogP contribution in [0.2, 0.25) is 0 Å². The largest absolute Gasteiger partial charge is 0.352 e. The summed E-state index contributed by atoms with van der Waals surface area (Å²) >= 11 is 3.48. The molecule has 2 nitrogen and oxygen atoms in total. The Kier molecular flexibility index (Phi) is 2.12. The topological polar surface area (TPSA) is 29.1 Å². The van der Waals surface area contributed by atoms with Gasteiger partial charge in [-0.2, -0.15) is 0 Å². The fourth-order valence-corrected chi connectivity index (χ4v) is 2.40. The minimum atomic E-state index is 0.0469. The Morgan fingerprint density at radius 3 is 3.00 bits per heavy atom. The molecule has 1 aromatic carbocycles. The molecule has 0 radical (unpaired) electrons. The van der Waals surface area contributed by atoms with Crippen LogP contribution < -0.4 is 5.32 Å². The SMILES string of the molecule is Cc1cc(Br)c2c(c1)C(=O)NCC2. The fraction of sp³-hybridized carbons (Fsp3) is 0.300. The zero-order valence-electron chi connectivity index (χ0n) is 7.36. The molecule has 1 aliphatic heterocycles. The van der Waals surface area contributed by atoms with Crippen molar-refractivity contribution >= 4 is 21.8 Å². The zero-order valence-corrected chi connectivity index (χ0v) is 8.94. The van der Waals surface area contributed by atoms with Gasteiger partial charge < -0.3 is 5.32 Å². The Balaban J connectivity index is 2.63. The summed E-state index contributed by atoms with van der Waals surface area (Å²) < 4.78 is 1.05. The van der Waals surface area contributed by atoms with E-state index in [1.807, 2.05) is 13.0 Å². The second kappa shape index (κ2) is 3.14. The van der Waals surface area contributed by atoms with E-state index in [2.05, 4.69) is 27.3 Å². The van der Waals surface area contributed by atoms with Crippen molar-refractivity contribution in [1.82, 2.24) is 5.32 Å². The smallest absolute Gasteiger partial charge is 0.251 e. The number of halogens is 1. The van der Waals surface area contributed by atoms with Gasteiger partial charge in [-0.15, -0.1) is 0 Å². The molecule has 0 aromatic heterocycles. The third-order valence-electron chi connectivity index (χ3n) is 2.24. The molecule has 0 unspecified atom stereocenters. The molecule has 0 saturated carbocycles. The Labute approximate surface area is 85.5 Å². The van der Waals surface area contributed by atoms with E-state index in [-0.39, 0.29) is 5.91 Å². The molecule has 1 N–H and O–H groups in total. The molecule has 1 heterocycles. The van der Waals surface area contributed by atoms with Crippen molar-refractivity contribution in [2.75, 3.05) is 6.54 Å². The number of carbonyl (C=O) groups excluding carboxylic acids is 1. The van der Waals surface area contributed by atoms with Crippen LogP contribution in [0.3, 0.4) is 0 Å². The van der Waals surface area contributed by atoms with Gasteiger partial charge in [0.2, 0.25) is 0 Å². The summed E-state index contributed by atoms with van der Waals surface area (Å²) in [5.41, 5.74) is 3.06. The van der Waals surface area contributed by atoms with Crippen molar-refractivity contribution < 1.29 is 4.79 Å². The Morgan fingerprint density at radius 2 is 2.23 bits per heavy atom. The Hall–Kier alpha value is -0.830. The highest BCUT2D eigenvalue weighted by Gasteiger charge is 2.18. The molecular weight excluding hydrogens is 230 g/mol. The van der Waals surface area contributed by atoms with Gasteiger partial charge in [0.25, 0.3) is 5.91 Å². The highest BCUT2D eigenvalue weighted by atomic mass is 79.9. The first-order chi connectivity index (χ1) is 6.18. The highest BCUT2D eigenvalue weighted by Crippen LogP contribution is 2.25. The van der Waals surface area contributed by atoms with Crippen LogP contribution >= 0.6 is 15.9 Å². The van der Waals surface area contributed by atoms with Gasteiger partial charge in [0, 0.05) is 16.6 Å². The van der Waals surface area contributed by atoms with Gasteiger partial charge in [-0.25, -0.2) is 0 Å². The van der Waals surface area contributed by atoms with Crippen molar-refractivity contribution in [2.45, 2.75) is 13.3 Å². The van der Waals surface area contributed by atoms with Crippen LogP contribution in [0.5, 0.6) is 0 Å². The minimum absolute atomic E-state index is 0.0469. The lowest BCUT2D eigenvalue weighted by Gasteiger charge is -2.18. The van der Waals surface area contributed by atoms with Crippen LogP contribution in [-0.2, 0) is 6.42 Å². The molecule has 1 aromatic rings. The van der Waals surface area contributed by atoms with Crippen LogP contribution in [0.15, 0.2) is 16.6 Å². The maximum atomic E-state index is 11.5. The van der Waals surface area contributed by atoms with Crippen LogP contribution in [-0.4, -0.2) is 12.5 Å². The lowest BCUT2D eigenvalue weighted by molar-refractivity contribution is 0.0946. The van der Waals surface area contributed by atoms with Gasteiger partial charge in [-0.3, -0.25) is 4.79 Å². The number of benzene rings is 1. The van der Waals surface area contributed by atoms with Crippen LogP contribution in [0, 0.1) is 6.92 Å². The maximum Gasteiger partial charge on any atom is 0.251 e. The van der Waals surface area contributed by atoms with E-state index in [0.29, 0.717) is 0 Å². The molecule has 1 aliphatic rings. The number of fused-ring (bicyclic) bond motifs is 1. The second-order valence-electron chi connectivity index (χ2n) is 3.28. The van der Waals surface area contributed by atoms with E-state index < -0.39 is 0 Å². The lowest BCUT2D eigenvalue weighted by Crippen LogP contribution is -2.32. The van der Waals surface area contributed by atoms with E-state index in [1.165, 1.54) is 0 Å². The first-order valence-electron chi connectivity index (χ1n) is 4.25. The van der Waals surface area contributed by atoms with Crippen LogP contribution in [0.4, 0.5) is 0 Å². The van der Waals surface area contributed by atoms with Gasteiger partial charge in [-0.1, -0.05) is 15.9 Å². The van der Waals surface area contributed by atoms with E-state index in [1.54, 1.807) is 0 Å². The molecule has 1 amide bonds. The van der Waals surface area contributed by atoms with Gasteiger partial charge >= 0.3 is 0 Å². The summed E-state index contributed by atoms with van der Waals surface area (Å²) in [6.07, 6.45) is 0.919. The molecule has 0 fully saturated rings. The quantitative estimate of drug-likeness (QED) is 0.738. The average molecular weight is 240 g/mol. The Morgan fingerprint density at radius 1 is 1.46 bits per heavy atom. The fourth-order valence-electron chi connectivity index (χ4n) is 1.63. The van der Waals surface area contributed by atoms with Gasteiger partial charge in [0.05, 0.1) is 0 Å². The first-order valence-corrected chi connectivity index (χ1v) is 5.05. The zero-order chi connectivity index (χ0) is 9.42. The van der Waals surface area contributed by atoms with E-state index in [9.17, 15) is 4.79 Å². The third kappa shape index (κ3) is 1.48. The highest BCUT2D eigenvalue weighted by molar-refractivity contribution is 9.10. The third-order valence-corrected chi connectivity index (χ3v) is 2.95. The summed E-state index contributed by atoms with van der Waals surface area (Å²) in [5, 5.41) is 2.83. The predicted molar refractivity (Wildman–Crippen MR) is 54.9 cm³/mol. The predicted octanol–water partition coefficient (Wildman–Crippen LogP) is 2.04. The molecule has 3 heteroatoms. The lowest BCUT2D eigenvalue weighted by atomic mass is 9.98. The standard InChI is InChI=1S/C10H10BrNO/c1-6-4-8-7(9(11)5-6)2-3-12-10(8)13/h4-5H,2-3H2,1H3,(H,12,13). The average Bonchev–Trinajstić information content (AvgIpc) is 2.07. The van der Waals surface area contributed by atoms with Gasteiger partial charge in [-0.05, 0) is 36.6 Å². The van der Waals surface area contributed by atoms with Crippen molar-refractivity contribution in [3.63, 3.8) is 0 Å². The van der Waals surface area contributed by atoms with Crippen molar-refractivity contribution in [3.8, 4) is 0 Å². The maximum absolute atomic E-state index is 11.5. The van der Waals surface area contributed by atoms with Crippen molar-refractivity contribution in [1.29, 1.82) is 0 Å². The first kappa shape index (κ1) is 8.75. The summed E-state index contributed by atoms with van der Waals surface area (Å²) in [6.45, 7) is 2.74. The number of nitrogens with one attached hydrogen (secondary N) is 1. The summed E-state index contributed by atoms with van der Waals surface area (Å²) in [7, 11) is 0. The molecule has 0 aliphatic carbocycles. The summed E-state index contributed by atoms with van der Waals surface area (Å²) in [6, 6.07) is 3.99. The summed E-state index contributed by atoms with van der Waals surface area (Å²) in [4.78, 5) is 11.5. The number of hydrogen-bond acceptors (Lipinski definition) is 1. The second-order valence-corrected chi connectivity index (χ2v) is 4.13. The Bertz CT molecular complexity index is 373. The molecule has 0 atom stereocenters.